The minimum absolute atomic E-state index is 0.218. The Morgan fingerprint density at radius 3 is 2.35 bits per heavy atom. The molecule has 2 heteroatoms. The van der Waals surface area contributed by atoms with Gasteiger partial charge in [-0.05, 0) is 44.0 Å². The lowest BCUT2D eigenvalue weighted by Crippen LogP contribution is -2.35. The van der Waals surface area contributed by atoms with Gasteiger partial charge in [0.05, 0.1) is 7.11 Å². The van der Waals surface area contributed by atoms with Crippen LogP contribution in [0.4, 0.5) is 0 Å². The van der Waals surface area contributed by atoms with Crippen molar-refractivity contribution in [2.75, 3.05) is 20.7 Å². The number of likely N-dealkylation sites (N-methyl/N-ethyl adjacent to an activating group) is 1. The molecule has 0 unspecified atom stereocenters. The summed E-state index contributed by atoms with van der Waals surface area (Å²) in [6.45, 7) is 7.60. The number of methoxy groups -OCH3 is 1. The normalized spacial score (nSPS) is 11.6. The summed E-state index contributed by atoms with van der Waals surface area (Å²) in [4.78, 5) is 0. The summed E-state index contributed by atoms with van der Waals surface area (Å²) in [5, 5.41) is 3.32. The van der Waals surface area contributed by atoms with Crippen LogP contribution in [0.2, 0.25) is 0 Å². The highest BCUT2D eigenvalue weighted by Gasteiger charge is 2.28. The van der Waals surface area contributed by atoms with Crippen molar-refractivity contribution in [3.8, 4) is 5.75 Å². The summed E-state index contributed by atoms with van der Waals surface area (Å²) in [5.41, 5.74) is 2.79. The molecule has 0 atom stereocenters. The maximum atomic E-state index is 5.43. The van der Waals surface area contributed by atoms with Crippen LogP contribution in [-0.2, 0) is 5.41 Å². The van der Waals surface area contributed by atoms with Crippen molar-refractivity contribution in [3.05, 3.63) is 29.3 Å². The van der Waals surface area contributed by atoms with Gasteiger partial charge in [0, 0.05) is 12.0 Å². The first kappa shape index (κ1) is 14.0. The first-order valence-electron chi connectivity index (χ1n) is 6.43. The molecule has 0 amide bonds. The van der Waals surface area contributed by atoms with Gasteiger partial charge in [-0.25, -0.2) is 0 Å². The minimum atomic E-state index is 0.218. The smallest absolute Gasteiger partial charge is 0.122 e. The fraction of sp³-hybridized carbons (Fsp3) is 0.600. The van der Waals surface area contributed by atoms with Crippen LogP contribution in [0.3, 0.4) is 0 Å². The molecule has 0 spiro atoms. The SMILES string of the molecule is CCC(CC)(CNC)c1ccc(C)c(OC)c1. The Morgan fingerprint density at radius 2 is 1.88 bits per heavy atom. The van der Waals surface area contributed by atoms with Crippen molar-refractivity contribution in [2.24, 2.45) is 0 Å². The third-order valence-electron chi connectivity index (χ3n) is 3.89. The Labute approximate surface area is 105 Å². The summed E-state index contributed by atoms with van der Waals surface area (Å²) in [6.07, 6.45) is 2.27. The Bertz CT molecular complexity index is 356. The third kappa shape index (κ3) is 2.81. The molecule has 0 aromatic heterocycles. The van der Waals surface area contributed by atoms with Gasteiger partial charge < -0.3 is 10.1 Å². The van der Waals surface area contributed by atoms with Gasteiger partial charge in [-0.1, -0.05) is 26.0 Å². The highest BCUT2D eigenvalue weighted by molar-refractivity contribution is 5.40. The van der Waals surface area contributed by atoms with Gasteiger partial charge in [0.2, 0.25) is 0 Å². The van der Waals surface area contributed by atoms with E-state index in [-0.39, 0.29) is 5.41 Å². The van der Waals surface area contributed by atoms with Crippen molar-refractivity contribution in [2.45, 2.75) is 39.0 Å². The van der Waals surface area contributed by atoms with E-state index in [1.165, 1.54) is 11.1 Å². The number of benzene rings is 1. The Hall–Kier alpha value is -1.02. The van der Waals surface area contributed by atoms with E-state index in [2.05, 4.69) is 44.3 Å². The van der Waals surface area contributed by atoms with E-state index in [4.69, 9.17) is 4.74 Å². The van der Waals surface area contributed by atoms with Crippen LogP contribution in [0.5, 0.6) is 5.75 Å². The van der Waals surface area contributed by atoms with Gasteiger partial charge >= 0.3 is 0 Å². The quantitative estimate of drug-likeness (QED) is 0.817. The maximum absolute atomic E-state index is 5.43. The first-order valence-corrected chi connectivity index (χ1v) is 6.43. The van der Waals surface area contributed by atoms with E-state index in [0.717, 1.165) is 25.1 Å². The van der Waals surface area contributed by atoms with E-state index in [1.807, 2.05) is 7.05 Å². The summed E-state index contributed by atoms with van der Waals surface area (Å²) in [5.74, 6) is 0.991. The second kappa shape index (κ2) is 6.06. The Morgan fingerprint density at radius 1 is 1.24 bits per heavy atom. The van der Waals surface area contributed by atoms with Crippen molar-refractivity contribution in [1.82, 2.24) is 5.32 Å². The number of ether oxygens (including phenoxy) is 1. The zero-order chi connectivity index (χ0) is 12.9. The Kier molecular flexibility index (Phi) is 5.01. The number of aryl methyl sites for hydroxylation is 1. The molecule has 1 aromatic rings. The predicted octanol–water partition coefficient (Wildman–Crippen LogP) is 3.28. The minimum Gasteiger partial charge on any atom is -0.496 e. The lowest BCUT2D eigenvalue weighted by molar-refractivity contribution is 0.373. The van der Waals surface area contributed by atoms with E-state index in [0.29, 0.717) is 0 Å². The maximum Gasteiger partial charge on any atom is 0.122 e. The number of hydrogen-bond acceptors (Lipinski definition) is 2. The predicted molar refractivity (Wildman–Crippen MR) is 73.9 cm³/mol. The first-order chi connectivity index (χ1) is 8.13. The molecule has 1 rings (SSSR count). The summed E-state index contributed by atoms with van der Waals surface area (Å²) < 4.78 is 5.43. The van der Waals surface area contributed by atoms with Crippen LogP contribution in [-0.4, -0.2) is 20.7 Å². The molecule has 17 heavy (non-hydrogen) atoms. The second-order valence-electron chi connectivity index (χ2n) is 4.70. The average molecular weight is 235 g/mol. The molecule has 0 bridgehead atoms. The van der Waals surface area contributed by atoms with E-state index in [9.17, 15) is 0 Å². The van der Waals surface area contributed by atoms with E-state index >= 15 is 0 Å². The molecular formula is C15H25NO. The summed E-state index contributed by atoms with van der Waals surface area (Å²) in [7, 11) is 3.76. The zero-order valence-corrected chi connectivity index (χ0v) is 11.8. The number of nitrogens with one attached hydrogen (secondary N) is 1. The fourth-order valence-corrected chi connectivity index (χ4v) is 2.50. The van der Waals surface area contributed by atoms with Gasteiger partial charge in [-0.2, -0.15) is 0 Å². The molecule has 96 valence electrons. The lowest BCUT2D eigenvalue weighted by atomic mass is 9.75. The molecule has 0 fully saturated rings. The molecule has 0 aliphatic carbocycles. The number of hydrogen-bond donors (Lipinski definition) is 1. The van der Waals surface area contributed by atoms with Gasteiger partial charge in [-0.15, -0.1) is 0 Å². The lowest BCUT2D eigenvalue weighted by Gasteiger charge is -2.32. The summed E-state index contributed by atoms with van der Waals surface area (Å²) in [6, 6.07) is 6.59. The molecule has 0 saturated carbocycles. The highest BCUT2D eigenvalue weighted by atomic mass is 16.5. The molecular weight excluding hydrogens is 210 g/mol. The molecule has 1 N–H and O–H groups in total. The second-order valence-corrected chi connectivity index (χ2v) is 4.70. The molecule has 0 radical (unpaired) electrons. The molecule has 2 nitrogen and oxygen atoms in total. The molecule has 0 aliphatic heterocycles. The molecule has 1 aromatic carbocycles. The third-order valence-corrected chi connectivity index (χ3v) is 3.89. The van der Waals surface area contributed by atoms with Crippen LogP contribution < -0.4 is 10.1 Å². The molecule has 0 saturated heterocycles. The Balaban J connectivity index is 3.18. The van der Waals surface area contributed by atoms with Gasteiger partial charge in [-0.3, -0.25) is 0 Å². The molecule has 0 heterocycles. The zero-order valence-electron chi connectivity index (χ0n) is 11.8. The van der Waals surface area contributed by atoms with Crippen molar-refractivity contribution >= 4 is 0 Å². The average Bonchev–Trinajstić information content (AvgIpc) is 2.37. The van der Waals surface area contributed by atoms with Crippen LogP contribution >= 0.6 is 0 Å². The topological polar surface area (TPSA) is 21.3 Å². The van der Waals surface area contributed by atoms with Gasteiger partial charge in [0.25, 0.3) is 0 Å². The van der Waals surface area contributed by atoms with Crippen molar-refractivity contribution in [3.63, 3.8) is 0 Å². The highest BCUT2D eigenvalue weighted by Crippen LogP contribution is 2.34. The van der Waals surface area contributed by atoms with Crippen LogP contribution in [0.25, 0.3) is 0 Å². The van der Waals surface area contributed by atoms with Crippen LogP contribution in [0.1, 0.15) is 37.8 Å². The monoisotopic (exact) mass is 235 g/mol. The van der Waals surface area contributed by atoms with Crippen LogP contribution in [0, 0.1) is 6.92 Å². The van der Waals surface area contributed by atoms with Gasteiger partial charge in [0.15, 0.2) is 0 Å². The van der Waals surface area contributed by atoms with Crippen LogP contribution in [0.15, 0.2) is 18.2 Å². The van der Waals surface area contributed by atoms with E-state index < -0.39 is 0 Å². The summed E-state index contributed by atoms with van der Waals surface area (Å²) >= 11 is 0. The largest absolute Gasteiger partial charge is 0.496 e. The van der Waals surface area contributed by atoms with Crippen molar-refractivity contribution < 1.29 is 4.74 Å². The molecule has 0 aliphatic rings. The van der Waals surface area contributed by atoms with Crippen molar-refractivity contribution in [1.29, 1.82) is 0 Å². The van der Waals surface area contributed by atoms with E-state index in [1.54, 1.807) is 7.11 Å². The standard InChI is InChI=1S/C15H25NO/c1-6-15(7-2,11-16-4)13-9-8-12(3)14(10-13)17-5/h8-10,16H,6-7,11H2,1-5H3. The fourth-order valence-electron chi connectivity index (χ4n) is 2.50. The number of rotatable bonds is 6. The van der Waals surface area contributed by atoms with Gasteiger partial charge in [0.1, 0.15) is 5.75 Å².